The fourth-order valence-corrected chi connectivity index (χ4v) is 2.95. The molecule has 0 bridgehead atoms. The van der Waals surface area contributed by atoms with Crippen molar-refractivity contribution in [2.24, 2.45) is 10.9 Å². The van der Waals surface area contributed by atoms with Crippen LogP contribution >= 0.6 is 0 Å². The number of rotatable bonds is 6. The van der Waals surface area contributed by atoms with E-state index in [1.165, 1.54) is 19.1 Å². The number of aryl methyl sites for hydroxylation is 1. The third-order valence-electron chi connectivity index (χ3n) is 4.54. The standard InChI is InChI=1S/C22H22F4N4O2/c1-12(2)4-9-18(28-21(31)16-10-13(3)32-20(16)22(24,25)26)27-19-11-17(29-30-19)14-5-7-15(23)8-6-14/h5-8,10-12H,4,9H2,1-3H3,(H2,27,28,29,30,31). The zero-order valence-electron chi connectivity index (χ0n) is 17.7. The average Bonchev–Trinajstić information content (AvgIpc) is 3.33. The lowest BCUT2D eigenvalue weighted by Crippen LogP contribution is -2.31. The highest BCUT2D eigenvalue weighted by atomic mass is 19.4. The summed E-state index contributed by atoms with van der Waals surface area (Å²) in [5.74, 6) is -2.05. The Hall–Kier alpha value is -3.43. The molecule has 10 heteroatoms. The van der Waals surface area contributed by atoms with E-state index in [0.717, 1.165) is 6.07 Å². The number of amides is 1. The highest BCUT2D eigenvalue weighted by molar-refractivity contribution is 6.07. The highest BCUT2D eigenvalue weighted by Gasteiger charge is 2.40. The molecule has 0 spiro atoms. The Balaban J connectivity index is 1.87. The zero-order valence-corrected chi connectivity index (χ0v) is 17.7. The minimum Gasteiger partial charge on any atom is -0.456 e. The Morgan fingerprint density at radius 1 is 1.22 bits per heavy atom. The van der Waals surface area contributed by atoms with Gasteiger partial charge in [0.1, 0.15) is 17.4 Å². The van der Waals surface area contributed by atoms with Crippen molar-refractivity contribution in [2.75, 3.05) is 0 Å². The van der Waals surface area contributed by atoms with Crippen LogP contribution in [0.4, 0.5) is 23.4 Å². The zero-order chi connectivity index (χ0) is 23.5. The van der Waals surface area contributed by atoms with E-state index in [1.807, 2.05) is 13.8 Å². The Morgan fingerprint density at radius 3 is 2.53 bits per heavy atom. The van der Waals surface area contributed by atoms with Crippen LogP contribution < -0.4 is 5.32 Å². The van der Waals surface area contributed by atoms with Crippen LogP contribution in [0.5, 0.6) is 0 Å². The van der Waals surface area contributed by atoms with Gasteiger partial charge in [-0.1, -0.05) is 13.8 Å². The molecular weight excluding hydrogens is 428 g/mol. The first-order chi connectivity index (χ1) is 15.0. The van der Waals surface area contributed by atoms with Crippen molar-refractivity contribution in [3.05, 3.63) is 59.3 Å². The van der Waals surface area contributed by atoms with Crippen molar-refractivity contribution in [1.82, 2.24) is 15.5 Å². The summed E-state index contributed by atoms with van der Waals surface area (Å²) in [5, 5.41) is 9.31. The lowest BCUT2D eigenvalue weighted by molar-refractivity contribution is -0.153. The Labute approximate surface area is 181 Å². The predicted octanol–water partition coefficient (Wildman–Crippen LogP) is 6.03. The number of amidine groups is 1. The van der Waals surface area contributed by atoms with Crippen molar-refractivity contribution < 1.29 is 26.8 Å². The normalized spacial score (nSPS) is 12.4. The van der Waals surface area contributed by atoms with Gasteiger partial charge in [0.25, 0.3) is 5.91 Å². The first kappa shape index (κ1) is 23.2. The number of H-pyrrole nitrogens is 1. The first-order valence-corrected chi connectivity index (χ1v) is 9.91. The smallest absolute Gasteiger partial charge is 0.450 e. The maximum Gasteiger partial charge on any atom is 0.450 e. The molecular formula is C22H22F4N4O2. The van der Waals surface area contributed by atoms with Crippen LogP contribution in [-0.4, -0.2) is 21.9 Å². The van der Waals surface area contributed by atoms with E-state index in [0.29, 0.717) is 24.1 Å². The number of carbonyl (C=O) groups excluding carboxylic acids is 1. The minimum atomic E-state index is -4.80. The maximum absolute atomic E-state index is 13.2. The lowest BCUT2D eigenvalue weighted by atomic mass is 10.1. The van der Waals surface area contributed by atoms with Crippen LogP contribution in [0.25, 0.3) is 11.3 Å². The fraction of sp³-hybridized carbons (Fsp3) is 0.318. The number of alkyl halides is 3. The van der Waals surface area contributed by atoms with Gasteiger partial charge in [-0.15, -0.1) is 0 Å². The number of furan rings is 1. The number of benzene rings is 1. The molecule has 2 aromatic heterocycles. The van der Waals surface area contributed by atoms with Crippen LogP contribution in [-0.2, 0) is 6.18 Å². The molecule has 1 aromatic carbocycles. The van der Waals surface area contributed by atoms with Gasteiger partial charge in [0.05, 0.1) is 11.3 Å². The quantitative estimate of drug-likeness (QED) is 0.273. The van der Waals surface area contributed by atoms with Gasteiger partial charge in [0.2, 0.25) is 5.76 Å². The van der Waals surface area contributed by atoms with Crippen molar-refractivity contribution in [3.63, 3.8) is 0 Å². The number of halogens is 4. The van der Waals surface area contributed by atoms with Crippen molar-refractivity contribution in [3.8, 4) is 11.3 Å². The molecule has 1 amide bonds. The van der Waals surface area contributed by atoms with Gasteiger partial charge < -0.3 is 9.73 Å². The van der Waals surface area contributed by atoms with Crippen LogP contribution in [0.1, 0.15) is 48.6 Å². The van der Waals surface area contributed by atoms with Gasteiger partial charge in [-0.05, 0) is 55.2 Å². The van der Waals surface area contributed by atoms with Gasteiger partial charge >= 0.3 is 6.18 Å². The SMILES string of the molecule is Cc1cc(C(=O)NC(CCC(C)C)=Nc2cc(-c3ccc(F)cc3)[nH]n2)c(C(F)(F)F)o1. The first-order valence-electron chi connectivity index (χ1n) is 9.91. The molecule has 0 aliphatic carbocycles. The molecule has 0 atom stereocenters. The monoisotopic (exact) mass is 450 g/mol. The number of hydrogen-bond acceptors (Lipinski definition) is 4. The fourth-order valence-electron chi connectivity index (χ4n) is 2.95. The van der Waals surface area contributed by atoms with E-state index in [-0.39, 0.29) is 29.1 Å². The van der Waals surface area contributed by atoms with E-state index in [9.17, 15) is 22.4 Å². The lowest BCUT2D eigenvalue weighted by Gasteiger charge is -2.11. The molecule has 0 saturated carbocycles. The molecule has 0 saturated heterocycles. The van der Waals surface area contributed by atoms with Crippen LogP contribution in [0.2, 0.25) is 0 Å². The second-order valence-corrected chi connectivity index (χ2v) is 7.69. The summed E-state index contributed by atoms with van der Waals surface area (Å²) in [6.07, 6.45) is -3.84. The van der Waals surface area contributed by atoms with E-state index in [1.54, 1.807) is 18.2 Å². The van der Waals surface area contributed by atoms with E-state index in [2.05, 4.69) is 24.9 Å². The van der Waals surface area contributed by atoms with Gasteiger partial charge in [0.15, 0.2) is 5.82 Å². The molecule has 0 fully saturated rings. The van der Waals surface area contributed by atoms with Crippen LogP contribution in [0.15, 0.2) is 45.8 Å². The number of aromatic amines is 1. The molecule has 0 unspecified atom stereocenters. The van der Waals surface area contributed by atoms with Crippen molar-refractivity contribution in [1.29, 1.82) is 0 Å². The number of hydrogen-bond donors (Lipinski definition) is 2. The second-order valence-electron chi connectivity index (χ2n) is 7.69. The van der Waals surface area contributed by atoms with Gasteiger partial charge in [-0.3, -0.25) is 9.89 Å². The summed E-state index contributed by atoms with van der Waals surface area (Å²) >= 11 is 0. The maximum atomic E-state index is 13.2. The van der Waals surface area contributed by atoms with Gasteiger partial charge in [0, 0.05) is 12.5 Å². The van der Waals surface area contributed by atoms with Gasteiger partial charge in [-0.2, -0.15) is 18.3 Å². The highest BCUT2D eigenvalue weighted by Crippen LogP contribution is 2.34. The number of aliphatic imine (C=N–C) groups is 1. The third-order valence-corrected chi connectivity index (χ3v) is 4.54. The Morgan fingerprint density at radius 2 is 1.91 bits per heavy atom. The number of carbonyl (C=O) groups is 1. The van der Waals surface area contributed by atoms with E-state index >= 15 is 0 Å². The Bertz CT molecular complexity index is 1110. The molecule has 2 heterocycles. The van der Waals surface area contributed by atoms with Crippen LogP contribution in [0, 0.1) is 18.7 Å². The molecule has 6 nitrogen and oxygen atoms in total. The molecule has 32 heavy (non-hydrogen) atoms. The van der Waals surface area contributed by atoms with Crippen molar-refractivity contribution >= 4 is 17.6 Å². The van der Waals surface area contributed by atoms with E-state index < -0.39 is 23.4 Å². The second kappa shape index (κ2) is 9.37. The summed E-state index contributed by atoms with van der Waals surface area (Å²) in [6, 6.07) is 8.38. The molecule has 3 aromatic rings. The molecule has 0 radical (unpaired) electrons. The summed E-state index contributed by atoms with van der Waals surface area (Å²) in [4.78, 5) is 16.9. The molecule has 0 aliphatic heterocycles. The number of nitrogens with zero attached hydrogens (tertiary/aromatic N) is 2. The molecule has 2 N–H and O–H groups in total. The molecule has 3 rings (SSSR count). The van der Waals surface area contributed by atoms with Gasteiger partial charge in [-0.25, -0.2) is 9.38 Å². The number of aromatic nitrogens is 2. The van der Waals surface area contributed by atoms with E-state index in [4.69, 9.17) is 0 Å². The molecule has 170 valence electrons. The predicted molar refractivity (Wildman–Crippen MR) is 111 cm³/mol. The minimum absolute atomic E-state index is 0.0283. The largest absolute Gasteiger partial charge is 0.456 e. The summed E-state index contributed by atoms with van der Waals surface area (Å²) in [6.45, 7) is 5.28. The Kier molecular flexibility index (Phi) is 6.81. The summed E-state index contributed by atoms with van der Waals surface area (Å²) < 4.78 is 57.4. The topological polar surface area (TPSA) is 83.3 Å². The summed E-state index contributed by atoms with van der Waals surface area (Å²) in [5.41, 5.74) is 0.640. The third kappa shape index (κ3) is 5.83. The molecule has 0 aliphatic rings. The van der Waals surface area contributed by atoms with Crippen LogP contribution in [0.3, 0.4) is 0 Å². The average molecular weight is 450 g/mol. The van der Waals surface area contributed by atoms with Crippen molar-refractivity contribution in [2.45, 2.75) is 39.8 Å². The number of nitrogens with one attached hydrogen (secondary N) is 2. The summed E-state index contributed by atoms with van der Waals surface area (Å²) in [7, 11) is 0.